The Morgan fingerprint density at radius 2 is 1.90 bits per heavy atom. The van der Waals surface area contributed by atoms with Gasteiger partial charge in [-0.25, -0.2) is 0 Å². The van der Waals surface area contributed by atoms with Crippen molar-refractivity contribution in [2.45, 2.75) is 51.1 Å². The van der Waals surface area contributed by atoms with E-state index in [2.05, 4.69) is 22.9 Å². The van der Waals surface area contributed by atoms with Gasteiger partial charge in [-0.3, -0.25) is 4.79 Å². The van der Waals surface area contributed by atoms with Crippen LogP contribution in [0, 0.1) is 5.92 Å². The Balaban J connectivity index is 1.61. The number of carbonyl (C=O) groups is 1. The zero-order chi connectivity index (χ0) is 14.7. The number of amides is 1. The minimum atomic E-state index is -0.185. The van der Waals surface area contributed by atoms with Crippen LogP contribution in [0.3, 0.4) is 0 Å². The number of para-hydroxylation sites is 2. The van der Waals surface area contributed by atoms with Gasteiger partial charge < -0.3 is 16.0 Å². The lowest BCUT2D eigenvalue weighted by atomic mass is 9.96. The van der Waals surface area contributed by atoms with Crippen LogP contribution in [-0.4, -0.2) is 24.5 Å². The molecule has 0 bridgehead atoms. The van der Waals surface area contributed by atoms with E-state index in [9.17, 15) is 4.79 Å². The lowest BCUT2D eigenvalue weighted by molar-refractivity contribution is -0.122. The van der Waals surface area contributed by atoms with Gasteiger partial charge in [-0.1, -0.05) is 38.3 Å². The molecular formula is C17H25N3O. The third-order valence-electron chi connectivity index (χ3n) is 4.76. The highest BCUT2D eigenvalue weighted by Crippen LogP contribution is 2.26. The van der Waals surface area contributed by atoms with E-state index in [1.807, 2.05) is 24.3 Å². The lowest BCUT2D eigenvalue weighted by Gasteiger charge is -2.30. The summed E-state index contributed by atoms with van der Waals surface area (Å²) in [6.07, 6.45) is 6.17. The second-order valence-corrected chi connectivity index (χ2v) is 6.35. The minimum absolute atomic E-state index is 0.121. The average Bonchev–Trinajstić information content (AvgIpc) is 2.72. The molecule has 0 spiro atoms. The van der Waals surface area contributed by atoms with Gasteiger partial charge in [0.05, 0.1) is 11.4 Å². The fourth-order valence-electron chi connectivity index (χ4n) is 3.36. The Hall–Kier alpha value is -1.71. The Morgan fingerprint density at radius 3 is 2.76 bits per heavy atom. The number of rotatable bonds is 2. The van der Waals surface area contributed by atoms with Crippen LogP contribution in [0.5, 0.6) is 0 Å². The van der Waals surface area contributed by atoms with Gasteiger partial charge in [-0.2, -0.15) is 0 Å². The highest BCUT2D eigenvalue weighted by atomic mass is 16.2. The molecule has 1 saturated carbocycles. The molecule has 114 valence electrons. The van der Waals surface area contributed by atoms with E-state index < -0.39 is 0 Å². The first-order chi connectivity index (χ1) is 10.2. The van der Waals surface area contributed by atoms with Crippen molar-refractivity contribution in [2.24, 2.45) is 5.92 Å². The fraction of sp³-hybridized carbons (Fsp3) is 0.588. The summed E-state index contributed by atoms with van der Waals surface area (Å²) in [5.41, 5.74) is 2.09. The zero-order valence-electron chi connectivity index (χ0n) is 12.7. The maximum atomic E-state index is 12.5. The van der Waals surface area contributed by atoms with Gasteiger partial charge in [-0.15, -0.1) is 0 Å². The lowest BCUT2D eigenvalue weighted by Crippen LogP contribution is -2.50. The van der Waals surface area contributed by atoms with E-state index in [-0.39, 0.29) is 11.9 Å². The standard InChI is InChI=1S/C17H25N3O/c1-12-7-3-2-4-8-13(12)20-17(21)16-11-18-14-9-5-6-10-15(14)19-16/h5-6,9-10,12-13,16,18-19H,2-4,7-8,11H2,1H3,(H,20,21). The third-order valence-corrected chi connectivity index (χ3v) is 4.76. The molecule has 3 unspecified atom stereocenters. The first-order valence-corrected chi connectivity index (χ1v) is 8.14. The molecule has 2 aliphatic rings. The monoisotopic (exact) mass is 287 g/mol. The Bertz CT molecular complexity index is 503. The number of benzene rings is 1. The number of carbonyl (C=O) groups excluding carboxylic acids is 1. The van der Waals surface area contributed by atoms with Gasteiger partial charge in [0.25, 0.3) is 0 Å². The smallest absolute Gasteiger partial charge is 0.244 e. The summed E-state index contributed by atoms with van der Waals surface area (Å²) in [6, 6.07) is 8.18. The van der Waals surface area contributed by atoms with Crippen LogP contribution in [-0.2, 0) is 4.79 Å². The van der Waals surface area contributed by atoms with Crippen LogP contribution in [0.15, 0.2) is 24.3 Å². The van der Waals surface area contributed by atoms with Crippen LogP contribution in [0.25, 0.3) is 0 Å². The summed E-state index contributed by atoms with van der Waals surface area (Å²) in [5.74, 6) is 0.705. The molecule has 3 rings (SSSR count). The number of anilines is 2. The molecule has 4 heteroatoms. The van der Waals surface area contributed by atoms with Gasteiger partial charge >= 0.3 is 0 Å². The number of hydrogen-bond donors (Lipinski definition) is 3. The van der Waals surface area contributed by atoms with Crippen molar-refractivity contribution in [2.75, 3.05) is 17.2 Å². The predicted molar refractivity (Wildman–Crippen MR) is 86.5 cm³/mol. The van der Waals surface area contributed by atoms with Crippen LogP contribution < -0.4 is 16.0 Å². The fourth-order valence-corrected chi connectivity index (χ4v) is 3.36. The maximum Gasteiger partial charge on any atom is 0.244 e. The second-order valence-electron chi connectivity index (χ2n) is 6.35. The molecule has 3 atom stereocenters. The molecular weight excluding hydrogens is 262 g/mol. The molecule has 1 heterocycles. The SMILES string of the molecule is CC1CCCCCC1NC(=O)C1CNc2ccccc2N1. The van der Waals surface area contributed by atoms with E-state index in [1.54, 1.807) is 0 Å². The van der Waals surface area contributed by atoms with Gasteiger partial charge in [0.1, 0.15) is 6.04 Å². The maximum absolute atomic E-state index is 12.5. The summed E-state index contributed by atoms with van der Waals surface area (Å²) in [4.78, 5) is 12.5. The molecule has 1 aromatic carbocycles. The van der Waals surface area contributed by atoms with E-state index in [1.165, 1.54) is 25.7 Å². The van der Waals surface area contributed by atoms with E-state index >= 15 is 0 Å². The van der Waals surface area contributed by atoms with Crippen LogP contribution in [0.2, 0.25) is 0 Å². The van der Waals surface area contributed by atoms with E-state index in [4.69, 9.17) is 0 Å². The normalized spacial score (nSPS) is 28.5. The highest BCUT2D eigenvalue weighted by molar-refractivity contribution is 5.88. The first-order valence-electron chi connectivity index (χ1n) is 8.14. The summed E-state index contributed by atoms with van der Waals surface area (Å²) < 4.78 is 0. The first kappa shape index (κ1) is 14.2. The number of nitrogens with one attached hydrogen (secondary N) is 3. The second kappa shape index (κ2) is 6.37. The Kier molecular flexibility index (Phi) is 4.32. The van der Waals surface area contributed by atoms with Crippen molar-refractivity contribution in [3.05, 3.63) is 24.3 Å². The van der Waals surface area contributed by atoms with Gasteiger partial charge in [0.2, 0.25) is 5.91 Å². The third kappa shape index (κ3) is 3.31. The average molecular weight is 287 g/mol. The summed E-state index contributed by atoms with van der Waals surface area (Å²) in [5, 5.41) is 9.94. The van der Waals surface area contributed by atoms with E-state index in [0.29, 0.717) is 18.5 Å². The van der Waals surface area contributed by atoms with E-state index in [0.717, 1.165) is 17.8 Å². The molecule has 0 aromatic heterocycles. The van der Waals surface area contributed by atoms with Crippen LogP contribution in [0.1, 0.15) is 39.0 Å². The van der Waals surface area contributed by atoms with Crippen molar-refractivity contribution in [3.63, 3.8) is 0 Å². The number of fused-ring (bicyclic) bond motifs is 1. The molecule has 1 amide bonds. The van der Waals surface area contributed by atoms with Crippen LogP contribution >= 0.6 is 0 Å². The highest BCUT2D eigenvalue weighted by Gasteiger charge is 2.27. The molecule has 1 aliphatic carbocycles. The molecule has 1 fully saturated rings. The van der Waals surface area contributed by atoms with Gasteiger partial charge in [-0.05, 0) is 30.9 Å². The van der Waals surface area contributed by atoms with Crippen molar-refractivity contribution in [1.82, 2.24) is 5.32 Å². The summed E-state index contributed by atoms with van der Waals surface area (Å²) in [7, 11) is 0. The molecule has 4 nitrogen and oxygen atoms in total. The minimum Gasteiger partial charge on any atom is -0.381 e. The molecule has 0 saturated heterocycles. The quantitative estimate of drug-likeness (QED) is 0.733. The largest absolute Gasteiger partial charge is 0.381 e. The van der Waals surface area contributed by atoms with Gasteiger partial charge in [0.15, 0.2) is 0 Å². The van der Waals surface area contributed by atoms with Crippen molar-refractivity contribution in [1.29, 1.82) is 0 Å². The number of hydrogen-bond acceptors (Lipinski definition) is 3. The topological polar surface area (TPSA) is 53.2 Å². The molecule has 1 aromatic rings. The summed E-state index contributed by atoms with van der Waals surface area (Å²) in [6.45, 7) is 2.90. The van der Waals surface area contributed by atoms with Gasteiger partial charge in [0, 0.05) is 12.6 Å². The summed E-state index contributed by atoms with van der Waals surface area (Å²) >= 11 is 0. The predicted octanol–water partition coefficient (Wildman–Crippen LogP) is 2.98. The molecule has 21 heavy (non-hydrogen) atoms. The Labute approximate surface area is 126 Å². The zero-order valence-corrected chi connectivity index (χ0v) is 12.7. The van der Waals surface area contributed by atoms with Crippen molar-refractivity contribution >= 4 is 17.3 Å². The van der Waals surface area contributed by atoms with Crippen LogP contribution in [0.4, 0.5) is 11.4 Å². The molecule has 3 N–H and O–H groups in total. The Morgan fingerprint density at radius 1 is 1.14 bits per heavy atom. The molecule has 0 radical (unpaired) electrons. The van der Waals surface area contributed by atoms with Crippen molar-refractivity contribution in [3.8, 4) is 0 Å². The van der Waals surface area contributed by atoms with Crippen molar-refractivity contribution < 1.29 is 4.79 Å². The molecule has 1 aliphatic heterocycles.